The summed E-state index contributed by atoms with van der Waals surface area (Å²) in [6, 6.07) is 5.89. The molecular formula is C59H89N5O13. The van der Waals surface area contributed by atoms with Crippen molar-refractivity contribution >= 4 is 29.1 Å². The maximum absolute atomic E-state index is 14.7. The summed E-state index contributed by atoms with van der Waals surface area (Å²) in [7, 11) is 6.33. The Morgan fingerprint density at radius 3 is 2.25 bits per heavy atom. The van der Waals surface area contributed by atoms with Gasteiger partial charge in [0.05, 0.1) is 36.2 Å². The standard InChI is InChI=1S/C59H89N5O13/c1-36-17-13-12-14-18-37(2)49(71-8)33-46-26-20-42(7)59(70,77-46)56(67)57(68)64-28-16-15-19-47(64)58(69)76-51(39(4)31-44-23-27-48(65)52(32-44)73-10)34-50(72-9)38(3)30-41(6)54(66)55(74-11)53(40(5)29-36)62-75-35-43-21-24-45(25-22-43)61-63-60/h12-14,17-18,21-22,24-25,30,36,38-40,42,44,46-52,54-55,65-66,70H,15-16,19-20,23,26-29,31-35H2,1-11H3/b14-12+,17-13+,37-18+,41-30+,62-53+/t36-,38-,39-,40-,42-,44+,46+,47+,48-,49+,50-,51+,52-,54-,55+,59-/m1/s1. The first kappa shape index (κ1) is 63.1. The maximum atomic E-state index is 14.7. The van der Waals surface area contributed by atoms with Crippen molar-refractivity contribution in [1.29, 1.82) is 0 Å². The highest BCUT2D eigenvalue weighted by Gasteiger charge is 2.53. The lowest BCUT2D eigenvalue weighted by atomic mass is 9.78. The second kappa shape index (κ2) is 30.6. The number of hydrogen-bond donors (Lipinski definition) is 3. The Morgan fingerprint density at radius 2 is 1.57 bits per heavy atom. The number of azide groups is 1. The van der Waals surface area contributed by atoms with E-state index < -0.39 is 78.1 Å². The molecule has 428 valence electrons. The molecule has 3 aliphatic heterocycles. The molecule has 5 rings (SSSR count). The lowest BCUT2D eigenvalue weighted by Crippen LogP contribution is -2.61. The molecule has 1 aromatic carbocycles. The molecule has 1 saturated carbocycles. The van der Waals surface area contributed by atoms with Crippen LogP contribution in [0.4, 0.5) is 5.69 Å². The number of esters is 1. The second-order valence-electron chi connectivity index (χ2n) is 22.2. The number of ketones is 1. The minimum absolute atomic E-state index is 0.0604. The van der Waals surface area contributed by atoms with Gasteiger partial charge in [0.1, 0.15) is 31.0 Å². The predicted octanol–water partition coefficient (Wildman–Crippen LogP) is 9.57. The molecule has 3 heterocycles. The first-order valence-corrected chi connectivity index (χ1v) is 27.8. The Hall–Kier alpha value is -4.75. The minimum atomic E-state index is -2.42. The monoisotopic (exact) mass is 1080 g/mol. The first-order valence-electron chi connectivity index (χ1n) is 27.8. The summed E-state index contributed by atoms with van der Waals surface area (Å²) in [4.78, 5) is 53.6. The van der Waals surface area contributed by atoms with E-state index in [2.05, 4.69) is 28.2 Å². The molecule has 0 spiro atoms. The SMILES string of the molecule is CO[C@H]1C[C@@H]2CC[C@@H](C)[C@@](O)(O2)C(=O)C(=O)N2CCCC[C@H]2C(=O)O[C@H]([C@H](C)C[C@@H]2CC[C@@H](O)[C@H](OC)C2)C[C@@H](OC)[C@H](C)/C=C(\C)[C@@H](O)[C@@H](OC)/C(=N/OCc2ccc(N=[N+]=[N-])cc2)[C@H](C)C[C@H](C)/C=C/C=C/C=C/1C. The first-order chi connectivity index (χ1) is 36.8. The molecule has 0 aromatic heterocycles. The molecule has 18 nitrogen and oxygen atoms in total. The van der Waals surface area contributed by atoms with Crippen LogP contribution in [0, 0.1) is 35.5 Å². The van der Waals surface area contributed by atoms with Gasteiger partial charge in [0.2, 0.25) is 5.79 Å². The van der Waals surface area contributed by atoms with Crippen LogP contribution < -0.4 is 0 Å². The Bertz CT molecular complexity index is 2280. The zero-order valence-electron chi connectivity index (χ0n) is 47.5. The van der Waals surface area contributed by atoms with Gasteiger partial charge in [0.25, 0.3) is 11.7 Å². The molecule has 1 aliphatic carbocycles. The number of oxime groups is 1. The average Bonchev–Trinajstić information content (AvgIpc) is 3.42. The summed E-state index contributed by atoms with van der Waals surface area (Å²) in [5, 5.41) is 43.2. The third kappa shape index (κ3) is 17.4. The molecular weight excluding hydrogens is 987 g/mol. The van der Waals surface area contributed by atoms with Gasteiger partial charge in [-0.25, -0.2) is 4.79 Å². The summed E-state index contributed by atoms with van der Waals surface area (Å²) in [6.07, 6.45) is 12.8. The predicted molar refractivity (Wildman–Crippen MR) is 293 cm³/mol. The van der Waals surface area contributed by atoms with Gasteiger partial charge >= 0.3 is 5.97 Å². The number of nitrogens with zero attached hydrogens (tertiary/aromatic N) is 5. The highest BCUT2D eigenvalue weighted by atomic mass is 16.6. The van der Waals surface area contributed by atoms with Crippen molar-refractivity contribution in [3.63, 3.8) is 0 Å². The van der Waals surface area contributed by atoms with E-state index in [1.807, 2.05) is 65.0 Å². The van der Waals surface area contributed by atoms with Gasteiger partial charge in [-0.05, 0) is 118 Å². The van der Waals surface area contributed by atoms with Crippen LogP contribution >= 0.6 is 0 Å². The number of fused-ring (bicyclic) bond motifs is 3. The highest BCUT2D eigenvalue weighted by Crippen LogP contribution is 2.38. The van der Waals surface area contributed by atoms with Crippen molar-refractivity contribution in [2.75, 3.05) is 35.0 Å². The van der Waals surface area contributed by atoms with Gasteiger partial charge in [-0.1, -0.05) is 106 Å². The van der Waals surface area contributed by atoms with Crippen molar-refractivity contribution in [1.82, 2.24) is 4.90 Å². The molecule has 16 atom stereocenters. The van der Waals surface area contributed by atoms with Crippen molar-refractivity contribution in [3.8, 4) is 0 Å². The summed E-state index contributed by atoms with van der Waals surface area (Å²) in [5.41, 5.74) is 12.1. The number of amides is 1. The van der Waals surface area contributed by atoms with Crippen LogP contribution in [0.15, 0.2) is 82.1 Å². The van der Waals surface area contributed by atoms with Crippen molar-refractivity contribution in [3.05, 3.63) is 87.9 Å². The number of carbonyl (C=O) groups is 3. The molecule has 4 aliphatic rings. The number of rotatable bonds is 11. The quantitative estimate of drug-likeness (QED) is 0.0356. The molecule has 3 fully saturated rings. The average molecular weight is 1080 g/mol. The molecule has 18 heteroatoms. The Morgan fingerprint density at radius 1 is 0.844 bits per heavy atom. The summed E-state index contributed by atoms with van der Waals surface area (Å²) in [5.74, 6) is -6.39. The molecule has 2 saturated heterocycles. The Kier molecular flexibility index (Phi) is 25.0. The van der Waals surface area contributed by atoms with E-state index in [4.69, 9.17) is 38.8 Å². The van der Waals surface area contributed by atoms with Crippen LogP contribution in [0.1, 0.15) is 131 Å². The summed E-state index contributed by atoms with van der Waals surface area (Å²) in [6.45, 7) is 13.8. The normalized spacial score (nSPS) is 37.2. The number of piperidine rings is 1. The largest absolute Gasteiger partial charge is 0.460 e. The Labute approximate surface area is 456 Å². The fourth-order valence-corrected chi connectivity index (χ4v) is 11.6. The van der Waals surface area contributed by atoms with Crippen molar-refractivity contribution < 1.29 is 63.0 Å². The third-order valence-corrected chi connectivity index (χ3v) is 16.5. The number of carbonyl (C=O) groups excluding carboxylic acids is 3. The number of aliphatic hydroxyl groups excluding tert-OH is 2. The van der Waals surface area contributed by atoms with Gasteiger partial charge in [-0.15, -0.1) is 0 Å². The lowest BCUT2D eigenvalue weighted by Gasteiger charge is -2.43. The van der Waals surface area contributed by atoms with E-state index in [1.54, 1.807) is 52.5 Å². The van der Waals surface area contributed by atoms with Crippen LogP contribution in [-0.2, 0) is 54.2 Å². The molecule has 1 aromatic rings. The van der Waals surface area contributed by atoms with Gasteiger partial charge in [0.15, 0.2) is 0 Å². The van der Waals surface area contributed by atoms with Crippen LogP contribution in [-0.4, -0.2) is 139 Å². The molecule has 1 amide bonds. The summed E-state index contributed by atoms with van der Waals surface area (Å²) < 4.78 is 36.6. The van der Waals surface area contributed by atoms with Crippen LogP contribution in [0.2, 0.25) is 0 Å². The minimum Gasteiger partial charge on any atom is -0.460 e. The van der Waals surface area contributed by atoms with Crippen LogP contribution in [0.5, 0.6) is 0 Å². The molecule has 3 N–H and O–H groups in total. The zero-order valence-corrected chi connectivity index (χ0v) is 47.5. The van der Waals surface area contributed by atoms with E-state index in [9.17, 15) is 29.7 Å². The third-order valence-electron chi connectivity index (χ3n) is 16.5. The highest BCUT2D eigenvalue weighted by molar-refractivity contribution is 6.39. The number of Topliss-reactive ketones (excluding diaryl/α,β-unsaturated/α-hetero) is 1. The fourth-order valence-electron chi connectivity index (χ4n) is 11.6. The Balaban J connectivity index is 1.53. The van der Waals surface area contributed by atoms with Gasteiger partial charge < -0.3 is 53.5 Å². The molecule has 0 radical (unpaired) electrons. The number of methoxy groups -OCH3 is 4. The maximum Gasteiger partial charge on any atom is 0.329 e. The topological polar surface area (TPSA) is 241 Å². The van der Waals surface area contributed by atoms with E-state index >= 15 is 0 Å². The van der Waals surface area contributed by atoms with Crippen molar-refractivity contribution in [2.24, 2.45) is 45.8 Å². The fraction of sp³-hybridized carbons (Fsp3) is 0.695. The number of allylic oxidation sites excluding steroid dienone is 5. The number of ether oxygens (including phenoxy) is 6. The van der Waals surface area contributed by atoms with E-state index in [0.29, 0.717) is 74.8 Å². The van der Waals surface area contributed by atoms with Gasteiger partial charge in [-0.3, -0.25) is 9.59 Å². The summed E-state index contributed by atoms with van der Waals surface area (Å²) >= 11 is 0. The number of cyclic esters (lactones) is 1. The lowest BCUT2D eigenvalue weighted by molar-refractivity contribution is -0.265. The van der Waals surface area contributed by atoms with E-state index in [0.717, 1.165) is 17.6 Å². The smallest absolute Gasteiger partial charge is 0.329 e. The number of hydrogen-bond acceptors (Lipinski definition) is 15. The molecule has 2 bridgehead atoms. The van der Waals surface area contributed by atoms with Crippen LogP contribution in [0.3, 0.4) is 0 Å². The molecule has 77 heavy (non-hydrogen) atoms. The van der Waals surface area contributed by atoms with E-state index in [1.165, 1.54) is 12.0 Å². The number of benzene rings is 1. The zero-order chi connectivity index (χ0) is 56.4. The second-order valence-corrected chi connectivity index (χ2v) is 22.2. The molecule has 0 unspecified atom stereocenters. The number of aliphatic hydroxyl groups is 3. The van der Waals surface area contributed by atoms with Crippen molar-refractivity contribution in [2.45, 2.75) is 193 Å². The van der Waals surface area contributed by atoms with Gasteiger partial charge in [0, 0.05) is 76.2 Å². The van der Waals surface area contributed by atoms with Crippen LogP contribution in [0.25, 0.3) is 10.4 Å². The van der Waals surface area contributed by atoms with E-state index in [-0.39, 0.29) is 61.7 Å². The van der Waals surface area contributed by atoms with Gasteiger partial charge in [-0.2, -0.15) is 0 Å².